The monoisotopic (exact) mass is 356 g/mol. The second-order valence-electron chi connectivity index (χ2n) is 8.98. The van der Waals surface area contributed by atoms with Gasteiger partial charge in [-0.15, -0.1) is 0 Å². The maximum Gasteiger partial charge on any atom is 0.410 e. The van der Waals surface area contributed by atoms with Gasteiger partial charge in [0.25, 0.3) is 0 Å². The van der Waals surface area contributed by atoms with Crippen LogP contribution < -0.4 is 0 Å². The highest BCUT2D eigenvalue weighted by molar-refractivity contribution is 6.74. The molecule has 0 aliphatic carbocycles. The minimum atomic E-state index is -1.97. The smallest absolute Gasteiger partial charge is 0.410 e. The van der Waals surface area contributed by atoms with Gasteiger partial charge in [-0.2, -0.15) is 0 Å². The summed E-state index contributed by atoms with van der Waals surface area (Å²) in [6.07, 6.45) is 0.113. The van der Waals surface area contributed by atoms with Crippen molar-refractivity contribution in [2.24, 2.45) is 5.11 Å². The average molecular weight is 357 g/mol. The highest BCUT2D eigenvalue weighted by Crippen LogP contribution is 2.38. The van der Waals surface area contributed by atoms with Gasteiger partial charge in [0.05, 0.1) is 12.1 Å². The van der Waals surface area contributed by atoms with E-state index in [9.17, 15) is 4.79 Å². The Kier molecular flexibility index (Phi) is 6.35. The molecule has 1 aliphatic heterocycles. The second-order valence-corrected chi connectivity index (χ2v) is 13.7. The Balaban J connectivity index is 2.90. The van der Waals surface area contributed by atoms with Crippen LogP contribution in [-0.2, 0) is 9.16 Å². The Hall–Kier alpha value is -1.24. The van der Waals surface area contributed by atoms with Crippen molar-refractivity contribution in [3.8, 4) is 0 Å². The minimum absolute atomic E-state index is 0.0786. The number of ether oxygens (including phenoxy) is 1. The van der Waals surface area contributed by atoms with Crippen LogP contribution in [0.2, 0.25) is 18.1 Å². The molecule has 0 radical (unpaired) electrons. The predicted octanol–water partition coefficient (Wildman–Crippen LogP) is 4.70. The van der Waals surface area contributed by atoms with E-state index in [1.54, 1.807) is 4.90 Å². The number of carbonyl (C=O) groups excluding carboxylic acids is 1. The van der Waals surface area contributed by atoms with E-state index >= 15 is 0 Å². The summed E-state index contributed by atoms with van der Waals surface area (Å²) in [7, 11) is -1.97. The van der Waals surface area contributed by atoms with E-state index in [1.165, 1.54) is 0 Å². The van der Waals surface area contributed by atoms with Crippen molar-refractivity contribution >= 4 is 14.4 Å². The fourth-order valence-corrected chi connectivity index (χ4v) is 3.70. The van der Waals surface area contributed by atoms with E-state index < -0.39 is 13.9 Å². The van der Waals surface area contributed by atoms with E-state index in [-0.39, 0.29) is 23.3 Å². The van der Waals surface area contributed by atoms with Gasteiger partial charge in [-0.1, -0.05) is 25.9 Å². The van der Waals surface area contributed by atoms with Crippen molar-refractivity contribution in [1.82, 2.24) is 4.90 Å². The fraction of sp³-hybridized carbons (Fsp3) is 0.938. The molecule has 2 atom stereocenters. The van der Waals surface area contributed by atoms with Gasteiger partial charge in [0.1, 0.15) is 5.60 Å². The zero-order chi connectivity index (χ0) is 18.8. The van der Waals surface area contributed by atoms with Crippen LogP contribution >= 0.6 is 0 Å². The summed E-state index contributed by atoms with van der Waals surface area (Å²) in [5.74, 6) is 0. The summed E-state index contributed by atoms with van der Waals surface area (Å²) >= 11 is 0. The Morgan fingerprint density at radius 1 is 1.21 bits per heavy atom. The molecule has 0 saturated carbocycles. The number of hydrogen-bond donors (Lipinski definition) is 0. The molecule has 1 aliphatic rings. The molecule has 0 unspecified atom stereocenters. The quantitative estimate of drug-likeness (QED) is 0.318. The molecule has 0 aromatic carbocycles. The van der Waals surface area contributed by atoms with Gasteiger partial charge >= 0.3 is 6.09 Å². The topological polar surface area (TPSA) is 87.5 Å². The first-order valence-corrected chi connectivity index (χ1v) is 11.4. The first kappa shape index (κ1) is 20.8. The van der Waals surface area contributed by atoms with Crippen molar-refractivity contribution in [1.29, 1.82) is 0 Å². The Bertz CT molecular complexity index is 504. The zero-order valence-corrected chi connectivity index (χ0v) is 17.3. The summed E-state index contributed by atoms with van der Waals surface area (Å²) < 4.78 is 11.9. The van der Waals surface area contributed by atoms with Crippen LogP contribution in [-0.4, -0.2) is 50.1 Å². The van der Waals surface area contributed by atoms with Crippen LogP contribution in [0.1, 0.15) is 48.0 Å². The van der Waals surface area contributed by atoms with E-state index in [0.717, 1.165) is 0 Å². The van der Waals surface area contributed by atoms with E-state index in [4.69, 9.17) is 14.7 Å². The molecule has 1 fully saturated rings. The van der Waals surface area contributed by atoms with Crippen molar-refractivity contribution < 1.29 is 14.0 Å². The molecule has 1 amide bonds. The van der Waals surface area contributed by atoms with Crippen LogP contribution in [0.25, 0.3) is 10.4 Å². The van der Waals surface area contributed by atoms with Gasteiger partial charge in [-0.05, 0) is 50.9 Å². The second kappa shape index (κ2) is 7.33. The number of azide groups is 1. The van der Waals surface area contributed by atoms with Crippen molar-refractivity contribution in [2.45, 2.75) is 83.8 Å². The lowest BCUT2D eigenvalue weighted by Gasteiger charge is -2.43. The van der Waals surface area contributed by atoms with Gasteiger partial charge in [-0.3, -0.25) is 0 Å². The SMILES string of the molecule is CC(C)(C)OC(=O)N1C[C@H](N=[N+]=[N-])C[C@H](O[Si](C)(C)C(C)(C)C)C1. The van der Waals surface area contributed by atoms with Gasteiger partial charge in [0.15, 0.2) is 8.32 Å². The number of likely N-dealkylation sites (tertiary alicyclic amines) is 1. The molecule has 1 saturated heterocycles. The summed E-state index contributed by atoms with van der Waals surface area (Å²) in [4.78, 5) is 16.9. The Morgan fingerprint density at radius 3 is 2.25 bits per heavy atom. The molecule has 0 spiro atoms. The number of carbonyl (C=O) groups is 1. The molecule has 0 aromatic rings. The summed E-state index contributed by atoms with van der Waals surface area (Å²) in [5.41, 5.74) is 8.21. The highest BCUT2D eigenvalue weighted by atomic mass is 28.4. The fourth-order valence-electron chi connectivity index (χ4n) is 2.34. The van der Waals surface area contributed by atoms with Gasteiger partial charge in [0.2, 0.25) is 0 Å². The van der Waals surface area contributed by atoms with Crippen LogP contribution in [0.5, 0.6) is 0 Å². The third-order valence-electron chi connectivity index (χ3n) is 4.52. The number of piperidine rings is 1. The number of nitrogens with zero attached hydrogens (tertiary/aromatic N) is 4. The standard InChI is InChI=1S/C16H32N4O3Si/c1-15(2,3)22-14(21)20-10-12(18-19-17)9-13(11-20)23-24(7,8)16(4,5)6/h12-13H,9-11H2,1-8H3/t12-,13+/m1/s1. The van der Waals surface area contributed by atoms with Crippen LogP contribution in [0.15, 0.2) is 5.11 Å². The minimum Gasteiger partial charge on any atom is -0.444 e. The third-order valence-corrected chi connectivity index (χ3v) is 9.06. The zero-order valence-electron chi connectivity index (χ0n) is 16.3. The Labute approximate surface area is 146 Å². The van der Waals surface area contributed by atoms with Crippen LogP contribution in [0, 0.1) is 0 Å². The molecule has 24 heavy (non-hydrogen) atoms. The molecule has 1 heterocycles. The van der Waals surface area contributed by atoms with E-state index in [2.05, 4.69) is 43.9 Å². The van der Waals surface area contributed by atoms with Crippen molar-refractivity contribution in [3.05, 3.63) is 10.4 Å². The van der Waals surface area contributed by atoms with Gasteiger partial charge < -0.3 is 14.1 Å². The first-order chi connectivity index (χ1) is 10.7. The molecule has 0 aromatic heterocycles. The lowest BCUT2D eigenvalue weighted by atomic mass is 10.0. The van der Waals surface area contributed by atoms with Crippen LogP contribution in [0.4, 0.5) is 4.79 Å². The molecule has 0 N–H and O–H groups in total. The average Bonchev–Trinajstić information content (AvgIpc) is 2.34. The third kappa shape index (κ3) is 6.00. The Morgan fingerprint density at radius 2 is 1.79 bits per heavy atom. The van der Waals surface area contributed by atoms with Crippen LogP contribution in [0.3, 0.4) is 0 Å². The summed E-state index contributed by atoms with van der Waals surface area (Å²) in [5, 5.41) is 3.90. The number of hydrogen-bond acceptors (Lipinski definition) is 4. The summed E-state index contributed by atoms with van der Waals surface area (Å²) in [6, 6.07) is -0.286. The largest absolute Gasteiger partial charge is 0.444 e. The predicted molar refractivity (Wildman–Crippen MR) is 97.4 cm³/mol. The molecular formula is C16H32N4O3Si. The molecular weight excluding hydrogens is 324 g/mol. The lowest BCUT2D eigenvalue weighted by Crippen LogP contribution is -2.54. The maximum absolute atomic E-state index is 12.4. The van der Waals surface area contributed by atoms with E-state index in [0.29, 0.717) is 19.5 Å². The van der Waals surface area contributed by atoms with Gasteiger partial charge in [-0.25, -0.2) is 4.79 Å². The number of amides is 1. The molecule has 138 valence electrons. The highest BCUT2D eigenvalue weighted by Gasteiger charge is 2.42. The van der Waals surface area contributed by atoms with E-state index in [1.807, 2.05) is 20.8 Å². The normalized spacial score (nSPS) is 22.8. The summed E-state index contributed by atoms with van der Waals surface area (Å²) in [6.45, 7) is 17.3. The molecule has 7 nitrogen and oxygen atoms in total. The van der Waals surface area contributed by atoms with Crippen molar-refractivity contribution in [2.75, 3.05) is 13.1 Å². The maximum atomic E-state index is 12.4. The molecule has 0 bridgehead atoms. The number of rotatable bonds is 3. The first-order valence-electron chi connectivity index (χ1n) is 8.45. The van der Waals surface area contributed by atoms with Gasteiger partial charge in [0, 0.05) is 18.0 Å². The molecule has 8 heteroatoms. The lowest BCUT2D eigenvalue weighted by molar-refractivity contribution is 0.00272. The molecule has 1 rings (SSSR count). The van der Waals surface area contributed by atoms with Crippen molar-refractivity contribution in [3.63, 3.8) is 0 Å².